The lowest BCUT2D eigenvalue weighted by Crippen LogP contribution is -2.67. The van der Waals surface area contributed by atoms with Gasteiger partial charge in [0.05, 0.1) is 6.10 Å². The monoisotopic (exact) mass is 401 g/mol. The normalized spacial score (nSPS) is 19.6. The lowest BCUT2D eigenvalue weighted by molar-refractivity contribution is 0.164. The van der Waals surface area contributed by atoms with E-state index >= 15 is 0 Å². The summed E-state index contributed by atoms with van der Waals surface area (Å²) in [6, 6.07) is 30.4. The van der Waals surface area contributed by atoms with E-state index in [0.717, 1.165) is 12.8 Å². The number of nitrogens with two attached hydrogens (primary N) is 1. The molecule has 3 aromatic carbocycles. The van der Waals surface area contributed by atoms with Crippen molar-refractivity contribution in [3.8, 4) is 0 Å². The Morgan fingerprint density at radius 3 is 1.72 bits per heavy atom. The third kappa shape index (κ3) is 3.59. The summed E-state index contributed by atoms with van der Waals surface area (Å²) in [5.74, 6) is 0. The minimum atomic E-state index is -2.57. The summed E-state index contributed by atoms with van der Waals surface area (Å²) >= 11 is 0. The molecule has 0 amide bonds. The van der Waals surface area contributed by atoms with Gasteiger partial charge in [-0.3, -0.25) is 0 Å². The summed E-state index contributed by atoms with van der Waals surface area (Å²) in [6.07, 6.45) is 1.99. The van der Waals surface area contributed by atoms with Gasteiger partial charge in [-0.2, -0.15) is 0 Å². The number of rotatable bonds is 4. The Morgan fingerprint density at radius 1 is 0.724 bits per heavy atom. The van der Waals surface area contributed by atoms with Gasteiger partial charge in [0.1, 0.15) is 0 Å². The average molecular weight is 402 g/mol. The van der Waals surface area contributed by atoms with Crippen LogP contribution in [0.5, 0.6) is 0 Å². The van der Waals surface area contributed by atoms with Gasteiger partial charge in [0, 0.05) is 6.04 Å². The molecule has 1 aliphatic carbocycles. The zero-order valence-corrected chi connectivity index (χ0v) is 18.6. The van der Waals surface area contributed by atoms with Crippen molar-refractivity contribution >= 4 is 18.7 Å². The highest BCUT2D eigenvalue weighted by atomic mass is 28.4. The van der Waals surface area contributed by atoms with E-state index in [0.29, 0.717) is 0 Å². The second-order valence-corrected chi connectivity index (χ2v) is 13.3. The van der Waals surface area contributed by atoms with Gasteiger partial charge in [-0.05, 0) is 39.4 Å². The topological polar surface area (TPSA) is 35.2 Å². The van der Waals surface area contributed by atoms with Crippen LogP contribution in [0.15, 0.2) is 84.9 Å². The van der Waals surface area contributed by atoms with Crippen molar-refractivity contribution in [2.45, 2.75) is 50.8 Å². The Morgan fingerprint density at radius 2 is 1.21 bits per heavy atom. The van der Waals surface area contributed by atoms with Crippen LogP contribution in [-0.4, -0.2) is 8.32 Å². The van der Waals surface area contributed by atoms with Crippen molar-refractivity contribution in [2.24, 2.45) is 5.73 Å². The molecule has 0 saturated carbocycles. The molecule has 0 aromatic heterocycles. The van der Waals surface area contributed by atoms with E-state index in [4.69, 9.17) is 10.2 Å². The number of hydrogen-bond acceptors (Lipinski definition) is 2. The highest BCUT2D eigenvalue weighted by Gasteiger charge is 2.52. The molecular weight excluding hydrogens is 370 g/mol. The van der Waals surface area contributed by atoms with Crippen molar-refractivity contribution in [3.63, 3.8) is 0 Å². The Labute approximate surface area is 175 Å². The Hall–Kier alpha value is -2.20. The maximum atomic E-state index is 7.37. The standard InChI is InChI=1S/C26H31NOSi/c1-26(2,3)29(20-12-6-4-7-13-20,21-14-8-5-9-15-21)28-25-19-18-24(27)22-16-10-11-17-23(22)25/h4-17,24-25H,18-19,27H2,1-3H3. The number of benzene rings is 3. The van der Waals surface area contributed by atoms with E-state index in [9.17, 15) is 0 Å². The van der Waals surface area contributed by atoms with Gasteiger partial charge in [0.25, 0.3) is 8.32 Å². The van der Waals surface area contributed by atoms with Gasteiger partial charge < -0.3 is 10.2 Å². The van der Waals surface area contributed by atoms with Gasteiger partial charge >= 0.3 is 0 Å². The first-order valence-corrected chi connectivity index (χ1v) is 12.5. The van der Waals surface area contributed by atoms with Crippen molar-refractivity contribution in [3.05, 3.63) is 96.1 Å². The van der Waals surface area contributed by atoms with E-state index in [-0.39, 0.29) is 17.2 Å². The molecule has 0 heterocycles. The van der Waals surface area contributed by atoms with E-state index in [2.05, 4.69) is 106 Å². The van der Waals surface area contributed by atoms with E-state index in [1.165, 1.54) is 21.5 Å². The highest BCUT2D eigenvalue weighted by molar-refractivity contribution is 6.99. The van der Waals surface area contributed by atoms with Crippen LogP contribution >= 0.6 is 0 Å². The highest BCUT2D eigenvalue weighted by Crippen LogP contribution is 2.44. The van der Waals surface area contributed by atoms with Crippen LogP contribution in [0.3, 0.4) is 0 Å². The fourth-order valence-corrected chi connectivity index (χ4v) is 9.50. The van der Waals surface area contributed by atoms with Gasteiger partial charge in [-0.15, -0.1) is 0 Å². The largest absolute Gasteiger partial charge is 0.400 e. The molecule has 0 aliphatic heterocycles. The van der Waals surface area contributed by atoms with Crippen LogP contribution in [0.1, 0.15) is 56.9 Å². The zero-order valence-electron chi connectivity index (χ0n) is 17.6. The molecule has 4 rings (SSSR count). The van der Waals surface area contributed by atoms with Crippen LogP contribution < -0.4 is 16.1 Å². The predicted molar refractivity (Wildman–Crippen MR) is 124 cm³/mol. The summed E-state index contributed by atoms with van der Waals surface area (Å²) in [4.78, 5) is 0. The molecule has 1 aliphatic rings. The Bertz CT molecular complexity index is 910. The van der Waals surface area contributed by atoms with Crippen LogP contribution in [0.25, 0.3) is 0 Å². The lowest BCUT2D eigenvalue weighted by Gasteiger charge is -2.46. The molecule has 0 radical (unpaired) electrons. The minimum absolute atomic E-state index is 0.0236. The SMILES string of the molecule is CC(C)(C)[Si](OC1CCC(N)c2ccccc21)(c1ccccc1)c1ccccc1. The first-order valence-electron chi connectivity index (χ1n) is 10.6. The first-order chi connectivity index (χ1) is 13.9. The third-order valence-electron chi connectivity index (χ3n) is 6.22. The van der Waals surface area contributed by atoms with Crippen molar-refractivity contribution in [1.29, 1.82) is 0 Å². The van der Waals surface area contributed by atoms with Crippen LogP contribution in [-0.2, 0) is 4.43 Å². The third-order valence-corrected chi connectivity index (χ3v) is 11.3. The van der Waals surface area contributed by atoms with E-state index in [1.54, 1.807) is 0 Å². The Kier molecular flexibility index (Phi) is 5.47. The summed E-state index contributed by atoms with van der Waals surface area (Å²) < 4.78 is 7.37. The molecule has 2 N–H and O–H groups in total. The maximum absolute atomic E-state index is 7.37. The van der Waals surface area contributed by atoms with Crippen LogP contribution in [0.4, 0.5) is 0 Å². The fraction of sp³-hybridized carbons (Fsp3) is 0.308. The van der Waals surface area contributed by atoms with Crippen LogP contribution in [0, 0.1) is 0 Å². The molecule has 3 aromatic rings. The average Bonchev–Trinajstić information content (AvgIpc) is 2.74. The van der Waals surface area contributed by atoms with Crippen molar-refractivity contribution < 1.29 is 4.43 Å². The molecule has 2 atom stereocenters. The van der Waals surface area contributed by atoms with E-state index in [1.807, 2.05) is 0 Å². The van der Waals surface area contributed by atoms with E-state index < -0.39 is 8.32 Å². The second kappa shape index (κ2) is 7.90. The summed E-state index contributed by atoms with van der Waals surface area (Å²) in [6.45, 7) is 7.00. The van der Waals surface area contributed by atoms with Gasteiger partial charge in [-0.1, -0.05) is 106 Å². The molecule has 2 nitrogen and oxygen atoms in total. The molecular formula is C26H31NOSi. The summed E-state index contributed by atoms with van der Waals surface area (Å²) in [5, 5.41) is 2.63. The number of hydrogen-bond donors (Lipinski definition) is 1. The van der Waals surface area contributed by atoms with Gasteiger partial charge in [0.15, 0.2) is 0 Å². The summed E-state index contributed by atoms with van der Waals surface area (Å²) in [5.41, 5.74) is 8.94. The van der Waals surface area contributed by atoms with Crippen molar-refractivity contribution in [1.82, 2.24) is 0 Å². The molecule has 0 spiro atoms. The van der Waals surface area contributed by atoms with Crippen molar-refractivity contribution in [2.75, 3.05) is 0 Å². The predicted octanol–water partition coefficient (Wildman–Crippen LogP) is 5.10. The quantitative estimate of drug-likeness (QED) is 0.618. The second-order valence-electron chi connectivity index (χ2n) is 9.08. The fourth-order valence-electron chi connectivity index (χ4n) is 4.81. The molecule has 150 valence electrons. The van der Waals surface area contributed by atoms with Gasteiger partial charge in [-0.25, -0.2) is 0 Å². The molecule has 29 heavy (non-hydrogen) atoms. The van der Waals surface area contributed by atoms with Crippen LogP contribution in [0.2, 0.25) is 5.04 Å². The zero-order chi connectivity index (χ0) is 20.5. The molecule has 0 saturated heterocycles. The Balaban J connectivity index is 1.89. The molecule has 2 unspecified atom stereocenters. The molecule has 3 heteroatoms. The lowest BCUT2D eigenvalue weighted by atomic mass is 9.86. The van der Waals surface area contributed by atoms with Gasteiger partial charge in [0.2, 0.25) is 0 Å². The molecule has 0 bridgehead atoms. The number of fused-ring (bicyclic) bond motifs is 1. The first kappa shape index (κ1) is 20.1. The maximum Gasteiger partial charge on any atom is 0.261 e. The minimum Gasteiger partial charge on any atom is -0.400 e. The smallest absolute Gasteiger partial charge is 0.261 e. The summed E-state index contributed by atoms with van der Waals surface area (Å²) in [7, 11) is -2.57. The molecule has 0 fully saturated rings.